The van der Waals surface area contributed by atoms with Gasteiger partial charge in [0, 0.05) is 18.2 Å². The van der Waals surface area contributed by atoms with Crippen LogP contribution in [0.4, 0.5) is 0 Å². The van der Waals surface area contributed by atoms with Crippen molar-refractivity contribution >= 4 is 15.9 Å². The maximum atomic E-state index is 12.9. The third-order valence-corrected chi connectivity index (χ3v) is 7.21. The van der Waals surface area contributed by atoms with Crippen LogP contribution in [0.15, 0.2) is 53.4 Å². The molecule has 7 nitrogen and oxygen atoms in total. The van der Waals surface area contributed by atoms with Crippen molar-refractivity contribution in [2.75, 3.05) is 26.8 Å². The normalized spacial score (nSPS) is 17.3. The SMILES string of the molecule is COc1ccccc1OCCNC(=O)c1ccc(S(=O)(=O)N2CCCCC2C)cc1. The molecule has 1 saturated heterocycles. The largest absolute Gasteiger partial charge is 0.493 e. The first-order valence-electron chi connectivity index (χ1n) is 10.1. The molecule has 30 heavy (non-hydrogen) atoms. The Labute approximate surface area is 178 Å². The number of hydrogen-bond donors (Lipinski definition) is 1. The average molecular weight is 433 g/mol. The first kappa shape index (κ1) is 22.1. The molecule has 1 amide bonds. The quantitative estimate of drug-likeness (QED) is 0.648. The predicted octanol–water partition coefficient (Wildman–Crippen LogP) is 3.07. The third-order valence-electron chi connectivity index (χ3n) is 5.18. The van der Waals surface area contributed by atoms with Crippen molar-refractivity contribution in [2.45, 2.75) is 37.1 Å². The zero-order valence-electron chi connectivity index (χ0n) is 17.3. The van der Waals surface area contributed by atoms with Gasteiger partial charge in [0.2, 0.25) is 10.0 Å². The number of methoxy groups -OCH3 is 1. The molecule has 1 unspecified atom stereocenters. The number of nitrogens with one attached hydrogen (secondary N) is 1. The van der Waals surface area contributed by atoms with Crippen molar-refractivity contribution < 1.29 is 22.7 Å². The summed E-state index contributed by atoms with van der Waals surface area (Å²) in [7, 11) is -1.97. The van der Waals surface area contributed by atoms with Crippen LogP contribution in [0, 0.1) is 0 Å². The van der Waals surface area contributed by atoms with Crippen LogP contribution < -0.4 is 14.8 Å². The van der Waals surface area contributed by atoms with Gasteiger partial charge in [0.15, 0.2) is 11.5 Å². The summed E-state index contributed by atoms with van der Waals surface area (Å²) in [5, 5.41) is 2.77. The van der Waals surface area contributed by atoms with Gasteiger partial charge in [-0.3, -0.25) is 4.79 Å². The van der Waals surface area contributed by atoms with Crippen molar-refractivity contribution in [1.29, 1.82) is 0 Å². The van der Waals surface area contributed by atoms with Crippen LogP contribution in [0.5, 0.6) is 11.5 Å². The molecule has 1 heterocycles. The van der Waals surface area contributed by atoms with Crippen LogP contribution in [0.1, 0.15) is 36.5 Å². The molecule has 0 aliphatic carbocycles. The highest BCUT2D eigenvalue weighted by Gasteiger charge is 2.30. The monoisotopic (exact) mass is 432 g/mol. The number of piperidine rings is 1. The van der Waals surface area contributed by atoms with Gasteiger partial charge >= 0.3 is 0 Å². The highest BCUT2D eigenvalue weighted by Crippen LogP contribution is 2.26. The van der Waals surface area contributed by atoms with Crippen molar-refractivity contribution in [1.82, 2.24) is 9.62 Å². The number of carbonyl (C=O) groups is 1. The van der Waals surface area contributed by atoms with Gasteiger partial charge in [-0.15, -0.1) is 0 Å². The number of rotatable bonds is 8. The molecule has 2 aromatic carbocycles. The fourth-order valence-electron chi connectivity index (χ4n) is 3.51. The summed E-state index contributed by atoms with van der Waals surface area (Å²) in [6.45, 7) is 3.07. The number of sulfonamides is 1. The van der Waals surface area contributed by atoms with Gasteiger partial charge in [-0.1, -0.05) is 18.6 Å². The van der Waals surface area contributed by atoms with Crippen LogP contribution in [-0.2, 0) is 10.0 Å². The van der Waals surface area contributed by atoms with Crippen LogP contribution >= 0.6 is 0 Å². The van der Waals surface area contributed by atoms with E-state index < -0.39 is 10.0 Å². The molecule has 2 aromatic rings. The Bertz CT molecular complexity index is 960. The molecule has 0 saturated carbocycles. The summed E-state index contributed by atoms with van der Waals surface area (Å²) in [5.74, 6) is 0.952. The van der Waals surface area contributed by atoms with Crippen LogP contribution in [-0.4, -0.2) is 51.5 Å². The summed E-state index contributed by atoms with van der Waals surface area (Å²) in [6, 6.07) is 13.4. The molecule has 0 radical (unpaired) electrons. The Balaban J connectivity index is 1.55. The van der Waals surface area contributed by atoms with Gasteiger partial charge in [0.25, 0.3) is 5.91 Å². The molecule has 162 valence electrons. The van der Waals surface area contributed by atoms with E-state index in [1.807, 2.05) is 19.1 Å². The topological polar surface area (TPSA) is 84.9 Å². The lowest BCUT2D eigenvalue weighted by molar-refractivity contribution is 0.0946. The molecular formula is C22H28N2O5S. The number of amides is 1. The maximum absolute atomic E-state index is 12.9. The van der Waals surface area contributed by atoms with Gasteiger partial charge in [-0.05, 0) is 56.2 Å². The molecule has 1 aliphatic rings. The summed E-state index contributed by atoms with van der Waals surface area (Å²) in [6.07, 6.45) is 2.80. The molecule has 1 aliphatic heterocycles. The number of ether oxygens (including phenoxy) is 2. The van der Waals surface area contributed by atoms with Crippen molar-refractivity contribution in [3.63, 3.8) is 0 Å². The van der Waals surface area contributed by atoms with Crippen LogP contribution in [0.2, 0.25) is 0 Å². The molecule has 0 aromatic heterocycles. The van der Waals surface area contributed by atoms with E-state index in [1.54, 1.807) is 23.5 Å². The lowest BCUT2D eigenvalue weighted by Crippen LogP contribution is -2.41. The zero-order chi connectivity index (χ0) is 21.6. The second-order valence-electron chi connectivity index (χ2n) is 7.24. The molecule has 3 rings (SSSR count). The number of para-hydroxylation sites is 2. The third kappa shape index (κ3) is 5.12. The maximum Gasteiger partial charge on any atom is 0.251 e. The fraction of sp³-hybridized carbons (Fsp3) is 0.409. The van der Waals surface area contributed by atoms with Gasteiger partial charge in [-0.2, -0.15) is 4.31 Å². The molecule has 0 bridgehead atoms. The molecular weight excluding hydrogens is 404 g/mol. The first-order valence-corrected chi connectivity index (χ1v) is 11.5. The first-order chi connectivity index (χ1) is 14.4. The minimum absolute atomic E-state index is 0.00466. The van der Waals surface area contributed by atoms with Gasteiger partial charge in [0.1, 0.15) is 6.61 Å². The minimum atomic E-state index is -3.54. The Kier molecular flexibility index (Phi) is 7.33. The van der Waals surface area contributed by atoms with E-state index in [0.29, 0.717) is 30.2 Å². The van der Waals surface area contributed by atoms with Crippen LogP contribution in [0.3, 0.4) is 0 Å². The van der Waals surface area contributed by atoms with Gasteiger partial charge in [0.05, 0.1) is 18.6 Å². The predicted molar refractivity (Wildman–Crippen MR) is 114 cm³/mol. The molecule has 8 heteroatoms. The van der Waals surface area contributed by atoms with E-state index in [0.717, 1.165) is 19.3 Å². The van der Waals surface area contributed by atoms with E-state index >= 15 is 0 Å². The van der Waals surface area contributed by atoms with Crippen molar-refractivity contribution in [3.05, 3.63) is 54.1 Å². The summed E-state index contributed by atoms with van der Waals surface area (Å²) in [4.78, 5) is 12.6. The van der Waals surface area contributed by atoms with Gasteiger partial charge in [-0.25, -0.2) is 8.42 Å². The van der Waals surface area contributed by atoms with Gasteiger partial charge < -0.3 is 14.8 Å². The number of carbonyl (C=O) groups excluding carboxylic acids is 1. The average Bonchev–Trinajstić information content (AvgIpc) is 2.77. The van der Waals surface area contributed by atoms with E-state index in [4.69, 9.17) is 9.47 Å². The van der Waals surface area contributed by atoms with E-state index in [2.05, 4.69) is 5.32 Å². The Morgan fingerprint density at radius 3 is 2.47 bits per heavy atom. The summed E-state index contributed by atoms with van der Waals surface area (Å²) < 4.78 is 38.2. The second kappa shape index (κ2) is 9.95. The Morgan fingerprint density at radius 1 is 1.10 bits per heavy atom. The highest BCUT2D eigenvalue weighted by atomic mass is 32.2. The van der Waals surface area contributed by atoms with E-state index in [1.165, 1.54) is 24.3 Å². The highest BCUT2D eigenvalue weighted by molar-refractivity contribution is 7.89. The van der Waals surface area contributed by atoms with Crippen molar-refractivity contribution in [3.8, 4) is 11.5 Å². The van der Waals surface area contributed by atoms with Crippen molar-refractivity contribution in [2.24, 2.45) is 0 Å². The van der Waals surface area contributed by atoms with E-state index in [9.17, 15) is 13.2 Å². The van der Waals surface area contributed by atoms with Crippen LogP contribution in [0.25, 0.3) is 0 Å². The number of nitrogens with zero attached hydrogens (tertiary/aromatic N) is 1. The zero-order valence-corrected chi connectivity index (χ0v) is 18.2. The lowest BCUT2D eigenvalue weighted by atomic mass is 10.1. The molecule has 1 fully saturated rings. The number of hydrogen-bond acceptors (Lipinski definition) is 5. The standard InChI is InChI=1S/C22H28N2O5S/c1-17-7-5-6-15-24(17)30(26,27)19-12-10-18(11-13-19)22(25)23-14-16-29-21-9-4-3-8-20(21)28-2/h3-4,8-13,17H,5-7,14-16H2,1-2H3,(H,23,25). The Hall–Kier alpha value is -2.58. The Morgan fingerprint density at radius 2 is 1.80 bits per heavy atom. The summed E-state index contributed by atoms with van der Waals surface area (Å²) >= 11 is 0. The minimum Gasteiger partial charge on any atom is -0.493 e. The lowest BCUT2D eigenvalue weighted by Gasteiger charge is -2.32. The number of benzene rings is 2. The summed E-state index contributed by atoms with van der Waals surface area (Å²) in [5.41, 5.74) is 0.401. The molecule has 0 spiro atoms. The molecule has 1 N–H and O–H groups in total. The molecule has 1 atom stereocenters. The fourth-order valence-corrected chi connectivity index (χ4v) is 5.21. The smallest absolute Gasteiger partial charge is 0.251 e. The van der Waals surface area contributed by atoms with E-state index in [-0.39, 0.29) is 23.5 Å². The second-order valence-corrected chi connectivity index (χ2v) is 9.13.